The first-order chi connectivity index (χ1) is 12.2. The molecule has 9 heteroatoms. The lowest BCUT2D eigenvalue weighted by molar-refractivity contribution is 0.182. The molecule has 1 atom stereocenters. The third-order valence-corrected chi connectivity index (χ3v) is 5.05. The second-order valence-electron chi connectivity index (χ2n) is 5.86. The van der Waals surface area contributed by atoms with Gasteiger partial charge in [-0.15, -0.1) is 0 Å². The van der Waals surface area contributed by atoms with Gasteiger partial charge in [-0.05, 0) is 36.2 Å². The topological polar surface area (TPSA) is 117 Å². The molecule has 3 rings (SSSR count). The average Bonchev–Trinajstić information content (AvgIpc) is 2.88. The van der Waals surface area contributed by atoms with E-state index >= 15 is 0 Å². The Labute approximate surface area is 150 Å². The maximum absolute atomic E-state index is 12.4. The van der Waals surface area contributed by atoms with E-state index < -0.39 is 22.0 Å². The first-order valence-electron chi connectivity index (χ1n) is 7.85. The monoisotopic (exact) mass is 375 g/mol. The molecule has 2 aromatic rings. The first-order valence-corrected chi connectivity index (χ1v) is 9.26. The smallest absolute Gasteiger partial charge is 0.408 e. The van der Waals surface area contributed by atoms with Gasteiger partial charge in [0.15, 0.2) is 0 Å². The lowest BCUT2D eigenvalue weighted by atomic mass is 10.2. The number of amides is 1. The summed E-state index contributed by atoms with van der Waals surface area (Å²) in [6.45, 7) is 3.47. The average molecular weight is 375 g/mol. The van der Waals surface area contributed by atoms with Crippen LogP contribution in [0.4, 0.5) is 4.79 Å². The van der Waals surface area contributed by atoms with E-state index in [1.165, 1.54) is 37.3 Å². The van der Waals surface area contributed by atoms with Crippen molar-refractivity contribution in [1.82, 2.24) is 5.32 Å². The maximum atomic E-state index is 12.4. The third-order valence-electron chi connectivity index (χ3n) is 3.79. The van der Waals surface area contributed by atoms with Gasteiger partial charge in [-0.3, -0.25) is 5.32 Å². The predicted molar refractivity (Wildman–Crippen MR) is 92.0 cm³/mol. The van der Waals surface area contributed by atoms with Gasteiger partial charge in [0.1, 0.15) is 10.6 Å². The second kappa shape index (κ2) is 6.41. The van der Waals surface area contributed by atoms with Crippen LogP contribution in [0.1, 0.15) is 19.4 Å². The van der Waals surface area contributed by atoms with E-state index in [9.17, 15) is 13.2 Å². The molecule has 26 heavy (non-hydrogen) atoms. The number of hydrogen-bond donors (Lipinski definition) is 2. The van der Waals surface area contributed by atoms with Crippen molar-refractivity contribution in [1.29, 1.82) is 0 Å². The summed E-state index contributed by atoms with van der Waals surface area (Å²) in [7, 11) is -3.99. The van der Waals surface area contributed by atoms with Crippen molar-refractivity contribution in [3.05, 3.63) is 58.7 Å². The van der Waals surface area contributed by atoms with Gasteiger partial charge >= 0.3 is 16.2 Å². The fraction of sp³-hybridized carbons (Fsp3) is 0.235. The Hall–Kier alpha value is -2.94. The van der Waals surface area contributed by atoms with Crippen LogP contribution in [-0.2, 0) is 16.5 Å². The standard InChI is InChI=1S/C17H17N3O5S/c1-3-11-4-7-13(8-5-11)26(23,24)25-12-6-9-14-15(10-12)19-17(2,18-14)20-16(21)22/h4-10,20H,3H2,1-2H3,(H,21,22). The number of nitrogens with one attached hydrogen (secondary N) is 1. The van der Waals surface area contributed by atoms with Crippen LogP contribution < -0.4 is 20.2 Å². The van der Waals surface area contributed by atoms with Gasteiger partial charge in [0.05, 0.1) is 10.7 Å². The van der Waals surface area contributed by atoms with E-state index in [-0.39, 0.29) is 10.6 Å². The van der Waals surface area contributed by atoms with Crippen LogP contribution in [0.5, 0.6) is 5.75 Å². The van der Waals surface area contributed by atoms with Crippen molar-refractivity contribution in [3.8, 4) is 5.75 Å². The van der Waals surface area contributed by atoms with Gasteiger partial charge in [-0.25, -0.2) is 14.8 Å². The summed E-state index contributed by atoms with van der Waals surface area (Å²) in [4.78, 5) is 19.2. The highest BCUT2D eigenvalue weighted by atomic mass is 32.2. The molecule has 0 saturated heterocycles. The molecular formula is C17H17N3O5S. The van der Waals surface area contributed by atoms with Crippen LogP contribution in [-0.4, -0.2) is 25.4 Å². The second-order valence-corrected chi connectivity index (χ2v) is 7.41. The first kappa shape index (κ1) is 17.9. The highest BCUT2D eigenvalue weighted by Crippen LogP contribution is 2.18. The number of rotatable bonds is 5. The number of fused-ring (bicyclic) bond motifs is 1. The normalized spacial score (nSPS) is 18.4. The zero-order valence-corrected chi connectivity index (χ0v) is 14.9. The highest BCUT2D eigenvalue weighted by molar-refractivity contribution is 7.87. The van der Waals surface area contributed by atoms with Gasteiger partial charge in [0, 0.05) is 13.0 Å². The molecule has 0 fully saturated rings. The molecular weight excluding hydrogens is 358 g/mol. The Balaban J connectivity index is 1.89. The van der Waals surface area contributed by atoms with E-state index in [0.717, 1.165) is 12.0 Å². The molecule has 0 radical (unpaired) electrons. The van der Waals surface area contributed by atoms with Crippen molar-refractivity contribution in [3.63, 3.8) is 0 Å². The fourth-order valence-corrected chi connectivity index (χ4v) is 3.48. The molecule has 2 aromatic carbocycles. The summed E-state index contributed by atoms with van der Waals surface area (Å²) in [6, 6.07) is 10.8. The van der Waals surface area contributed by atoms with Crippen molar-refractivity contribution in [2.75, 3.05) is 0 Å². The largest absolute Gasteiger partial charge is 0.465 e. The minimum atomic E-state index is -3.99. The molecule has 0 aromatic heterocycles. The Morgan fingerprint density at radius 2 is 1.81 bits per heavy atom. The van der Waals surface area contributed by atoms with E-state index in [1.807, 2.05) is 6.92 Å². The Morgan fingerprint density at radius 3 is 2.42 bits per heavy atom. The number of benzene rings is 2. The highest BCUT2D eigenvalue weighted by Gasteiger charge is 2.27. The van der Waals surface area contributed by atoms with Crippen LogP contribution in [0.15, 0.2) is 57.3 Å². The fourth-order valence-electron chi connectivity index (χ4n) is 2.56. The molecule has 1 amide bonds. The van der Waals surface area contributed by atoms with Gasteiger partial charge < -0.3 is 9.29 Å². The quantitative estimate of drug-likeness (QED) is 0.762. The number of carbonyl (C=O) groups is 1. The molecule has 0 saturated carbocycles. The number of carboxylic acid groups (broad SMARTS) is 1. The molecule has 1 aliphatic heterocycles. The van der Waals surface area contributed by atoms with Crippen LogP contribution in [0.25, 0.3) is 0 Å². The third kappa shape index (κ3) is 3.67. The van der Waals surface area contributed by atoms with Crippen molar-refractivity contribution in [2.24, 2.45) is 9.98 Å². The molecule has 1 unspecified atom stereocenters. The van der Waals surface area contributed by atoms with E-state index in [1.54, 1.807) is 12.1 Å². The van der Waals surface area contributed by atoms with Crippen molar-refractivity contribution < 1.29 is 22.5 Å². The number of hydrogen-bond acceptors (Lipinski definition) is 6. The van der Waals surface area contributed by atoms with Crippen LogP contribution in [0.3, 0.4) is 0 Å². The molecule has 8 nitrogen and oxygen atoms in total. The summed E-state index contributed by atoms with van der Waals surface area (Å²) in [5.41, 5.74) is 1.02. The van der Waals surface area contributed by atoms with Gasteiger partial charge in [0.25, 0.3) is 0 Å². The summed E-state index contributed by atoms with van der Waals surface area (Å²) < 4.78 is 30.0. The van der Waals surface area contributed by atoms with Gasteiger partial charge in [0.2, 0.25) is 5.79 Å². The molecule has 0 aliphatic carbocycles. The summed E-state index contributed by atoms with van der Waals surface area (Å²) in [5.74, 6) is -1.27. The van der Waals surface area contributed by atoms with E-state index in [0.29, 0.717) is 10.7 Å². The SMILES string of the molecule is CCc1ccc(S(=O)(=O)Oc2ccc3c(c2)=NC(C)(NC(=O)O)N=3)cc1. The number of nitrogens with zero attached hydrogens (tertiary/aromatic N) is 2. The summed E-state index contributed by atoms with van der Waals surface area (Å²) in [6.07, 6.45) is -0.456. The lowest BCUT2D eigenvalue weighted by Crippen LogP contribution is -2.41. The Kier molecular flexibility index (Phi) is 4.41. The molecule has 1 heterocycles. The van der Waals surface area contributed by atoms with E-state index in [2.05, 4.69) is 15.3 Å². The predicted octanol–water partition coefficient (Wildman–Crippen LogP) is 1.21. The molecule has 2 N–H and O–H groups in total. The summed E-state index contributed by atoms with van der Waals surface area (Å²) in [5, 5.41) is 11.8. The van der Waals surface area contributed by atoms with E-state index in [4.69, 9.17) is 9.29 Å². The minimum Gasteiger partial charge on any atom is -0.465 e. The summed E-state index contributed by atoms with van der Waals surface area (Å²) >= 11 is 0. The van der Waals surface area contributed by atoms with Gasteiger partial charge in [-0.2, -0.15) is 8.42 Å². The molecule has 0 spiro atoms. The number of aryl methyl sites for hydroxylation is 1. The van der Waals surface area contributed by atoms with Crippen molar-refractivity contribution in [2.45, 2.75) is 31.0 Å². The molecule has 136 valence electrons. The lowest BCUT2D eigenvalue weighted by Gasteiger charge is -2.16. The van der Waals surface area contributed by atoms with Gasteiger partial charge in [-0.1, -0.05) is 19.1 Å². The molecule has 0 bridgehead atoms. The maximum Gasteiger partial charge on any atom is 0.408 e. The van der Waals surface area contributed by atoms with Crippen LogP contribution >= 0.6 is 0 Å². The van der Waals surface area contributed by atoms with Crippen LogP contribution in [0, 0.1) is 0 Å². The minimum absolute atomic E-state index is 0.0502. The zero-order chi connectivity index (χ0) is 18.9. The molecule has 1 aliphatic rings. The van der Waals surface area contributed by atoms with Crippen molar-refractivity contribution >= 4 is 16.2 Å². The Bertz CT molecular complexity index is 1080. The zero-order valence-electron chi connectivity index (χ0n) is 14.1. The Morgan fingerprint density at radius 1 is 1.15 bits per heavy atom. The van der Waals surface area contributed by atoms with Crippen LogP contribution in [0.2, 0.25) is 0 Å².